The van der Waals surface area contributed by atoms with Crippen LogP contribution in [0.25, 0.3) is 0 Å². The molecule has 1 heterocycles. The second kappa shape index (κ2) is 5.42. The zero-order valence-corrected chi connectivity index (χ0v) is 11.5. The van der Waals surface area contributed by atoms with E-state index in [1.165, 1.54) is 0 Å². The van der Waals surface area contributed by atoms with Crippen LogP contribution in [0.15, 0.2) is 41.0 Å². The first kappa shape index (κ1) is 12.9. The molecule has 5 heteroatoms. The number of hydrogen-bond acceptors (Lipinski definition) is 3. The molecule has 0 fully saturated rings. The van der Waals surface area contributed by atoms with Crippen molar-refractivity contribution in [3.63, 3.8) is 0 Å². The fourth-order valence-corrected chi connectivity index (χ4v) is 2.10. The van der Waals surface area contributed by atoms with Crippen molar-refractivity contribution in [1.29, 1.82) is 0 Å². The highest BCUT2D eigenvalue weighted by Gasteiger charge is 2.11. The normalized spacial score (nSPS) is 10.3. The molecule has 2 rings (SSSR count). The standard InChI is InChI=1S/C13H13ClN2OS/c1-16(8-10-3-2-6-17-10)12-5-4-9(14)7-11(12)13(15)18/h2-7H,8H2,1H3,(H2,15,18). The lowest BCUT2D eigenvalue weighted by molar-refractivity contribution is 0.507. The molecule has 1 aromatic heterocycles. The average molecular weight is 281 g/mol. The molecule has 0 aliphatic rings. The van der Waals surface area contributed by atoms with Crippen LogP contribution in [0.5, 0.6) is 0 Å². The number of thiocarbonyl (C=S) groups is 1. The van der Waals surface area contributed by atoms with Crippen molar-refractivity contribution >= 4 is 34.5 Å². The van der Waals surface area contributed by atoms with Gasteiger partial charge in [0.2, 0.25) is 0 Å². The van der Waals surface area contributed by atoms with Gasteiger partial charge in [-0.3, -0.25) is 0 Å². The third-order valence-corrected chi connectivity index (χ3v) is 3.06. The molecule has 0 aliphatic carbocycles. The number of benzene rings is 1. The lowest BCUT2D eigenvalue weighted by Gasteiger charge is -2.21. The van der Waals surface area contributed by atoms with Crippen LogP contribution in [-0.4, -0.2) is 12.0 Å². The molecule has 0 spiro atoms. The fourth-order valence-electron chi connectivity index (χ4n) is 1.76. The Hall–Kier alpha value is -1.52. The van der Waals surface area contributed by atoms with E-state index in [1.54, 1.807) is 12.3 Å². The SMILES string of the molecule is CN(Cc1ccco1)c1ccc(Cl)cc1C(N)=S. The first-order valence-corrected chi connectivity index (χ1v) is 6.19. The minimum atomic E-state index is 0.332. The zero-order valence-electron chi connectivity index (χ0n) is 9.89. The van der Waals surface area contributed by atoms with Crippen LogP contribution in [-0.2, 0) is 6.54 Å². The number of nitrogens with two attached hydrogens (primary N) is 1. The van der Waals surface area contributed by atoms with E-state index in [0.29, 0.717) is 16.6 Å². The summed E-state index contributed by atoms with van der Waals surface area (Å²) in [6.07, 6.45) is 1.65. The molecular formula is C13H13ClN2OS. The Morgan fingerprint density at radius 2 is 2.22 bits per heavy atom. The predicted molar refractivity (Wildman–Crippen MR) is 78.2 cm³/mol. The highest BCUT2D eigenvalue weighted by Crippen LogP contribution is 2.24. The molecule has 2 N–H and O–H groups in total. The van der Waals surface area contributed by atoms with Crippen LogP contribution in [0.3, 0.4) is 0 Å². The minimum Gasteiger partial charge on any atom is -0.467 e. The number of nitrogens with zero attached hydrogens (tertiary/aromatic N) is 1. The predicted octanol–water partition coefficient (Wildman–Crippen LogP) is 3.20. The van der Waals surface area contributed by atoms with Crippen molar-refractivity contribution in [3.8, 4) is 0 Å². The molecule has 0 atom stereocenters. The van der Waals surface area contributed by atoms with Gasteiger partial charge in [-0.1, -0.05) is 23.8 Å². The van der Waals surface area contributed by atoms with Crippen molar-refractivity contribution < 1.29 is 4.42 Å². The maximum Gasteiger partial charge on any atom is 0.123 e. The molecule has 0 radical (unpaired) electrons. The summed E-state index contributed by atoms with van der Waals surface area (Å²) in [6.45, 7) is 0.643. The Labute approximate surface area is 116 Å². The summed E-state index contributed by atoms with van der Waals surface area (Å²) in [6, 6.07) is 9.28. The Morgan fingerprint density at radius 3 is 2.83 bits per heavy atom. The van der Waals surface area contributed by atoms with Crippen molar-refractivity contribution in [1.82, 2.24) is 0 Å². The van der Waals surface area contributed by atoms with E-state index < -0.39 is 0 Å². The van der Waals surface area contributed by atoms with Crippen molar-refractivity contribution in [2.24, 2.45) is 5.73 Å². The van der Waals surface area contributed by atoms with E-state index in [4.69, 9.17) is 34.0 Å². The van der Waals surface area contributed by atoms with Crippen LogP contribution >= 0.6 is 23.8 Å². The van der Waals surface area contributed by atoms with Crippen LogP contribution in [0, 0.1) is 0 Å². The van der Waals surface area contributed by atoms with Gasteiger partial charge in [0.1, 0.15) is 10.7 Å². The first-order chi connectivity index (χ1) is 8.58. The fraction of sp³-hybridized carbons (Fsp3) is 0.154. The summed E-state index contributed by atoms with van der Waals surface area (Å²) in [5, 5.41) is 0.618. The molecule has 0 unspecified atom stereocenters. The Kier molecular flexibility index (Phi) is 3.89. The molecule has 0 saturated heterocycles. The number of halogens is 1. The van der Waals surface area contributed by atoms with E-state index in [9.17, 15) is 0 Å². The maximum absolute atomic E-state index is 5.96. The number of anilines is 1. The van der Waals surface area contributed by atoms with Gasteiger partial charge in [-0.25, -0.2) is 0 Å². The molecule has 0 saturated carbocycles. The number of hydrogen-bond donors (Lipinski definition) is 1. The summed E-state index contributed by atoms with van der Waals surface area (Å²) < 4.78 is 5.32. The minimum absolute atomic E-state index is 0.332. The van der Waals surface area contributed by atoms with Crippen LogP contribution in [0.4, 0.5) is 5.69 Å². The monoisotopic (exact) mass is 280 g/mol. The van der Waals surface area contributed by atoms with Gasteiger partial charge in [-0.05, 0) is 30.3 Å². The highest BCUT2D eigenvalue weighted by atomic mass is 35.5. The molecule has 3 nitrogen and oxygen atoms in total. The van der Waals surface area contributed by atoms with Crippen LogP contribution in [0.2, 0.25) is 5.02 Å². The number of rotatable bonds is 4. The van der Waals surface area contributed by atoms with E-state index in [-0.39, 0.29) is 0 Å². The van der Waals surface area contributed by atoms with Gasteiger partial charge in [-0.2, -0.15) is 0 Å². The molecular weight excluding hydrogens is 268 g/mol. The van der Waals surface area contributed by atoms with E-state index in [1.807, 2.05) is 36.2 Å². The Bertz CT molecular complexity index is 554. The van der Waals surface area contributed by atoms with Crippen molar-refractivity contribution in [2.75, 3.05) is 11.9 Å². The van der Waals surface area contributed by atoms with Crippen molar-refractivity contribution in [3.05, 3.63) is 52.9 Å². The molecule has 2 aromatic rings. The number of furan rings is 1. The molecule has 0 bridgehead atoms. The van der Waals surface area contributed by atoms with Gasteiger partial charge in [-0.15, -0.1) is 0 Å². The summed E-state index contributed by atoms with van der Waals surface area (Å²) in [7, 11) is 1.95. The Balaban J connectivity index is 2.29. The quantitative estimate of drug-likeness (QED) is 0.874. The van der Waals surface area contributed by atoms with Gasteiger partial charge >= 0.3 is 0 Å². The third-order valence-electron chi connectivity index (χ3n) is 2.61. The first-order valence-electron chi connectivity index (χ1n) is 5.41. The molecule has 1 aromatic carbocycles. The zero-order chi connectivity index (χ0) is 13.1. The third kappa shape index (κ3) is 2.83. The lowest BCUT2D eigenvalue weighted by Crippen LogP contribution is -2.21. The van der Waals surface area contributed by atoms with Gasteiger partial charge in [0.15, 0.2) is 0 Å². The summed E-state index contributed by atoms with van der Waals surface area (Å²) in [5.74, 6) is 0.876. The molecule has 94 valence electrons. The van der Waals surface area contributed by atoms with Gasteiger partial charge in [0.25, 0.3) is 0 Å². The molecule has 18 heavy (non-hydrogen) atoms. The summed E-state index contributed by atoms with van der Waals surface area (Å²) >= 11 is 11.0. The van der Waals surface area contributed by atoms with E-state index >= 15 is 0 Å². The summed E-state index contributed by atoms with van der Waals surface area (Å²) in [5.41, 5.74) is 7.42. The topological polar surface area (TPSA) is 42.4 Å². The highest BCUT2D eigenvalue weighted by molar-refractivity contribution is 7.80. The second-order valence-corrected chi connectivity index (χ2v) is 4.84. The maximum atomic E-state index is 5.96. The lowest BCUT2D eigenvalue weighted by atomic mass is 10.1. The second-order valence-electron chi connectivity index (χ2n) is 3.96. The van der Waals surface area contributed by atoms with Crippen molar-refractivity contribution in [2.45, 2.75) is 6.54 Å². The van der Waals surface area contributed by atoms with E-state index in [0.717, 1.165) is 17.0 Å². The van der Waals surface area contributed by atoms with Crippen LogP contribution in [0.1, 0.15) is 11.3 Å². The van der Waals surface area contributed by atoms with Gasteiger partial charge in [0.05, 0.1) is 12.8 Å². The molecule has 0 aliphatic heterocycles. The van der Waals surface area contributed by atoms with Gasteiger partial charge in [0, 0.05) is 23.3 Å². The van der Waals surface area contributed by atoms with Gasteiger partial charge < -0.3 is 15.1 Å². The smallest absolute Gasteiger partial charge is 0.123 e. The summed E-state index contributed by atoms with van der Waals surface area (Å²) in [4.78, 5) is 2.35. The average Bonchev–Trinajstić information content (AvgIpc) is 2.81. The van der Waals surface area contributed by atoms with Crippen LogP contribution < -0.4 is 10.6 Å². The Morgan fingerprint density at radius 1 is 1.44 bits per heavy atom. The largest absolute Gasteiger partial charge is 0.467 e. The molecule has 0 amide bonds. The van der Waals surface area contributed by atoms with E-state index in [2.05, 4.69) is 0 Å².